The third-order valence-corrected chi connectivity index (χ3v) is 5.11. The van der Waals surface area contributed by atoms with Crippen LogP contribution in [-0.4, -0.2) is 24.5 Å². The molecule has 0 aliphatic rings. The van der Waals surface area contributed by atoms with Crippen LogP contribution in [-0.2, 0) is 10.0 Å². The molecule has 0 radical (unpaired) electrons. The number of hydrogen-bond acceptors (Lipinski definition) is 4. The summed E-state index contributed by atoms with van der Waals surface area (Å²) in [6.07, 6.45) is 1.58. The first kappa shape index (κ1) is 15.9. The van der Waals surface area contributed by atoms with Gasteiger partial charge in [0, 0.05) is 11.6 Å². The summed E-state index contributed by atoms with van der Waals surface area (Å²) >= 11 is 0. The topological polar surface area (TPSA) is 96.4 Å². The van der Waals surface area contributed by atoms with Gasteiger partial charge in [0.05, 0.1) is 21.7 Å². The maximum absolute atomic E-state index is 12.7. The number of aromatic carboxylic acids is 1. The van der Waals surface area contributed by atoms with E-state index in [1.165, 1.54) is 12.1 Å². The zero-order valence-electron chi connectivity index (χ0n) is 12.7. The fourth-order valence-electron chi connectivity index (χ4n) is 2.41. The lowest BCUT2D eigenvalue weighted by Gasteiger charge is -2.12. The monoisotopic (exact) mass is 342 g/mol. The Labute approximate surface area is 138 Å². The number of carboxylic acid groups (broad SMARTS) is 1. The molecule has 0 atom stereocenters. The molecule has 122 valence electrons. The van der Waals surface area contributed by atoms with Crippen LogP contribution in [0, 0.1) is 6.92 Å². The average Bonchev–Trinajstić information content (AvgIpc) is 2.55. The molecular formula is C17H14N2O4S. The number of para-hydroxylation sites is 1. The Balaban J connectivity index is 2.09. The van der Waals surface area contributed by atoms with Gasteiger partial charge in [-0.2, -0.15) is 0 Å². The van der Waals surface area contributed by atoms with Crippen LogP contribution in [0.3, 0.4) is 0 Å². The Morgan fingerprint density at radius 1 is 1.12 bits per heavy atom. The Bertz CT molecular complexity index is 1040. The van der Waals surface area contributed by atoms with Crippen LogP contribution in [0.2, 0.25) is 0 Å². The summed E-state index contributed by atoms with van der Waals surface area (Å²) in [4.78, 5) is 15.2. The van der Waals surface area contributed by atoms with E-state index in [-0.39, 0.29) is 10.5 Å². The molecule has 0 aliphatic carbocycles. The van der Waals surface area contributed by atoms with Gasteiger partial charge in [0.1, 0.15) is 0 Å². The molecule has 1 heterocycles. The van der Waals surface area contributed by atoms with Crippen molar-refractivity contribution in [3.05, 3.63) is 65.9 Å². The number of anilines is 1. The van der Waals surface area contributed by atoms with Crippen molar-refractivity contribution in [2.45, 2.75) is 11.8 Å². The number of nitrogens with zero attached hydrogens (tertiary/aromatic N) is 1. The number of aromatic nitrogens is 1. The minimum absolute atomic E-state index is 0.0738. The molecule has 0 bridgehead atoms. The van der Waals surface area contributed by atoms with E-state index in [0.29, 0.717) is 16.8 Å². The normalized spacial score (nSPS) is 11.4. The molecule has 0 unspecified atom stereocenters. The first-order chi connectivity index (χ1) is 11.4. The molecule has 7 heteroatoms. The Hall–Kier alpha value is -2.93. The second-order valence-corrected chi connectivity index (χ2v) is 6.92. The molecular weight excluding hydrogens is 328 g/mol. The zero-order valence-corrected chi connectivity index (χ0v) is 13.5. The van der Waals surface area contributed by atoms with Crippen LogP contribution in [0.15, 0.2) is 59.6 Å². The van der Waals surface area contributed by atoms with Crippen LogP contribution in [0.4, 0.5) is 5.69 Å². The van der Waals surface area contributed by atoms with E-state index in [1.807, 2.05) is 12.1 Å². The van der Waals surface area contributed by atoms with E-state index in [1.54, 1.807) is 31.3 Å². The van der Waals surface area contributed by atoms with Crippen molar-refractivity contribution in [3.63, 3.8) is 0 Å². The standard InChI is InChI=1S/C17H14N2O4S/c1-11-7-8-13(17(20)21)10-15(11)24(22,23)19-14-6-2-4-12-5-3-9-18-16(12)14/h2-10,19H,1H3,(H,20,21). The van der Waals surface area contributed by atoms with Crippen molar-refractivity contribution < 1.29 is 18.3 Å². The minimum Gasteiger partial charge on any atom is -0.478 e. The van der Waals surface area contributed by atoms with Gasteiger partial charge in [0.15, 0.2) is 0 Å². The highest BCUT2D eigenvalue weighted by Crippen LogP contribution is 2.25. The van der Waals surface area contributed by atoms with Crippen LogP contribution >= 0.6 is 0 Å². The van der Waals surface area contributed by atoms with E-state index in [0.717, 1.165) is 11.5 Å². The number of carboxylic acids is 1. The number of sulfonamides is 1. The van der Waals surface area contributed by atoms with Gasteiger partial charge in [-0.3, -0.25) is 9.71 Å². The molecule has 0 aliphatic heterocycles. The van der Waals surface area contributed by atoms with Gasteiger partial charge in [-0.25, -0.2) is 13.2 Å². The molecule has 2 N–H and O–H groups in total. The van der Waals surface area contributed by atoms with Gasteiger partial charge in [0.25, 0.3) is 10.0 Å². The van der Waals surface area contributed by atoms with Gasteiger partial charge in [-0.1, -0.05) is 24.3 Å². The number of fused-ring (bicyclic) bond motifs is 1. The third-order valence-electron chi connectivity index (χ3n) is 3.60. The number of carbonyl (C=O) groups is 1. The van der Waals surface area contributed by atoms with Gasteiger partial charge in [-0.05, 0) is 36.8 Å². The highest BCUT2D eigenvalue weighted by molar-refractivity contribution is 7.92. The lowest BCUT2D eigenvalue weighted by atomic mass is 10.1. The van der Waals surface area contributed by atoms with Crippen molar-refractivity contribution in [2.24, 2.45) is 0 Å². The summed E-state index contributed by atoms with van der Waals surface area (Å²) in [5.41, 5.74) is 1.24. The van der Waals surface area contributed by atoms with E-state index in [9.17, 15) is 13.2 Å². The van der Waals surface area contributed by atoms with E-state index < -0.39 is 16.0 Å². The molecule has 0 spiro atoms. The Kier molecular flexibility index (Phi) is 3.94. The maximum atomic E-state index is 12.7. The second kappa shape index (κ2) is 5.93. The summed E-state index contributed by atoms with van der Waals surface area (Å²) in [5, 5.41) is 9.87. The summed E-state index contributed by atoms with van der Waals surface area (Å²) in [6, 6.07) is 12.8. The number of hydrogen-bond donors (Lipinski definition) is 2. The van der Waals surface area contributed by atoms with Gasteiger partial charge in [0.2, 0.25) is 0 Å². The zero-order chi connectivity index (χ0) is 17.3. The summed E-state index contributed by atoms with van der Waals surface area (Å²) in [5.74, 6) is -1.18. The van der Waals surface area contributed by atoms with E-state index >= 15 is 0 Å². The minimum atomic E-state index is -3.94. The van der Waals surface area contributed by atoms with E-state index in [4.69, 9.17) is 5.11 Å². The molecule has 2 aromatic carbocycles. The van der Waals surface area contributed by atoms with Gasteiger partial charge in [-0.15, -0.1) is 0 Å². The predicted octanol–water partition coefficient (Wildman–Crippen LogP) is 3.04. The van der Waals surface area contributed by atoms with Gasteiger partial charge < -0.3 is 5.11 Å². The van der Waals surface area contributed by atoms with Crippen LogP contribution in [0.25, 0.3) is 10.9 Å². The molecule has 1 aromatic heterocycles. The van der Waals surface area contributed by atoms with Crippen molar-refractivity contribution in [1.29, 1.82) is 0 Å². The molecule has 3 aromatic rings. The highest BCUT2D eigenvalue weighted by atomic mass is 32.2. The molecule has 6 nitrogen and oxygen atoms in total. The maximum Gasteiger partial charge on any atom is 0.335 e. The smallest absolute Gasteiger partial charge is 0.335 e. The number of nitrogens with one attached hydrogen (secondary N) is 1. The Morgan fingerprint density at radius 3 is 2.62 bits per heavy atom. The molecule has 3 rings (SSSR count). The molecule has 24 heavy (non-hydrogen) atoms. The molecule has 0 fully saturated rings. The molecule has 0 saturated heterocycles. The number of benzene rings is 2. The third kappa shape index (κ3) is 2.93. The molecule has 0 amide bonds. The lowest BCUT2D eigenvalue weighted by molar-refractivity contribution is 0.0696. The fraction of sp³-hybridized carbons (Fsp3) is 0.0588. The van der Waals surface area contributed by atoms with Crippen molar-refractivity contribution >= 4 is 32.6 Å². The first-order valence-electron chi connectivity index (χ1n) is 7.09. The van der Waals surface area contributed by atoms with Crippen molar-refractivity contribution in [2.75, 3.05) is 4.72 Å². The predicted molar refractivity (Wildman–Crippen MR) is 90.7 cm³/mol. The summed E-state index contributed by atoms with van der Waals surface area (Å²) in [6.45, 7) is 1.61. The van der Waals surface area contributed by atoms with Crippen molar-refractivity contribution in [3.8, 4) is 0 Å². The van der Waals surface area contributed by atoms with Crippen LogP contribution in [0.5, 0.6) is 0 Å². The second-order valence-electron chi connectivity index (χ2n) is 5.27. The quantitative estimate of drug-likeness (QED) is 0.759. The van der Waals surface area contributed by atoms with Gasteiger partial charge >= 0.3 is 5.97 Å². The number of pyridine rings is 1. The van der Waals surface area contributed by atoms with E-state index in [2.05, 4.69) is 9.71 Å². The molecule has 0 saturated carbocycles. The highest BCUT2D eigenvalue weighted by Gasteiger charge is 2.20. The van der Waals surface area contributed by atoms with Crippen molar-refractivity contribution in [1.82, 2.24) is 4.98 Å². The Morgan fingerprint density at radius 2 is 1.88 bits per heavy atom. The fourth-order valence-corrected chi connectivity index (χ4v) is 3.75. The summed E-state index contributed by atoms with van der Waals surface area (Å²) in [7, 11) is -3.94. The number of aryl methyl sites for hydroxylation is 1. The average molecular weight is 342 g/mol. The number of rotatable bonds is 4. The summed E-state index contributed by atoms with van der Waals surface area (Å²) < 4.78 is 27.9. The largest absolute Gasteiger partial charge is 0.478 e. The first-order valence-corrected chi connectivity index (χ1v) is 8.57. The van der Waals surface area contributed by atoms with Crippen LogP contribution < -0.4 is 4.72 Å². The lowest BCUT2D eigenvalue weighted by Crippen LogP contribution is -2.15. The van der Waals surface area contributed by atoms with Crippen LogP contribution in [0.1, 0.15) is 15.9 Å². The SMILES string of the molecule is Cc1ccc(C(=O)O)cc1S(=O)(=O)Nc1cccc2cccnc12.